The third-order valence-electron chi connectivity index (χ3n) is 3.42. The summed E-state index contributed by atoms with van der Waals surface area (Å²) in [6, 6.07) is 10.2. The van der Waals surface area contributed by atoms with Crippen molar-refractivity contribution in [3.05, 3.63) is 42.0 Å². The topological polar surface area (TPSA) is 30.7 Å². The third kappa shape index (κ3) is 4.31. The zero-order valence-electron chi connectivity index (χ0n) is 13.3. The van der Waals surface area contributed by atoms with E-state index in [9.17, 15) is 0 Å². The molecule has 0 spiro atoms. The summed E-state index contributed by atoms with van der Waals surface area (Å²) in [4.78, 5) is 0. The van der Waals surface area contributed by atoms with E-state index < -0.39 is 0 Å². The van der Waals surface area contributed by atoms with Crippen molar-refractivity contribution in [2.45, 2.75) is 46.4 Å². The van der Waals surface area contributed by atoms with Crippen LogP contribution in [0.1, 0.15) is 45.8 Å². The van der Waals surface area contributed by atoms with E-state index in [1.54, 1.807) is 0 Å². The van der Waals surface area contributed by atoms with Gasteiger partial charge >= 0.3 is 0 Å². The van der Waals surface area contributed by atoms with Gasteiger partial charge in [0.2, 0.25) is 0 Å². The predicted octanol–water partition coefficient (Wildman–Crippen LogP) is 4.62. The van der Waals surface area contributed by atoms with E-state index in [4.69, 9.17) is 11.6 Å². The van der Waals surface area contributed by atoms with Crippen LogP contribution in [0.15, 0.2) is 30.3 Å². The second-order valence-corrected chi connectivity index (χ2v) is 7.18. The van der Waals surface area contributed by atoms with Crippen molar-refractivity contribution in [3.8, 4) is 5.69 Å². The van der Waals surface area contributed by atoms with E-state index in [2.05, 4.69) is 54.6 Å². The zero-order valence-corrected chi connectivity index (χ0v) is 14.1. The molecule has 2 aromatic rings. The molecule has 0 aliphatic rings. The monoisotopic (exact) mass is 305 g/mol. The molecule has 0 aliphatic carbocycles. The quantitative estimate of drug-likeness (QED) is 0.755. The van der Waals surface area contributed by atoms with Gasteiger partial charge < -0.3 is 0 Å². The highest BCUT2D eigenvalue weighted by molar-refractivity contribution is 6.16. The molecule has 1 aromatic carbocycles. The molecule has 1 heterocycles. The average molecular weight is 306 g/mol. The number of hydrogen-bond acceptors (Lipinski definition) is 2. The summed E-state index contributed by atoms with van der Waals surface area (Å²) in [5.41, 5.74) is 1.41. The first-order valence-corrected chi connectivity index (χ1v) is 7.99. The largest absolute Gasteiger partial charge is 0.282 e. The fourth-order valence-electron chi connectivity index (χ4n) is 2.88. The molecule has 0 aliphatic heterocycles. The highest BCUT2D eigenvalue weighted by Gasteiger charge is 2.19. The van der Waals surface area contributed by atoms with Crippen LogP contribution < -0.4 is 0 Å². The second-order valence-electron chi connectivity index (χ2n) is 6.91. The Morgan fingerprint density at radius 1 is 1.10 bits per heavy atom. The highest BCUT2D eigenvalue weighted by atomic mass is 35.5. The molecule has 1 atom stereocenters. The van der Waals surface area contributed by atoms with Crippen LogP contribution in [0.2, 0.25) is 0 Å². The molecule has 0 saturated carbocycles. The molecule has 0 saturated heterocycles. The fraction of sp³-hybridized carbons (Fsp3) is 0.529. The Balaban J connectivity index is 2.27. The average Bonchev–Trinajstić information content (AvgIpc) is 2.80. The van der Waals surface area contributed by atoms with Gasteiger partial charge in [0.15, 0.2) is 5.82 Å². The van der Waals surface area contributed by atoms with E-state index in [1.807, 2.05) is 18.2 Å². The predicted molar refractivity (Wildman–Crippen MR) is 87.9 cm³/mol. The summed E-state index contributed by atoms with van der Waals surface area (Å²) in [5, 5.41) is 8.60. The molecule has 114 valence electrons. The summed E-state index contributed by atoms with van der Waals surface area (Å²) in [5.74, 6) is 2.73. The van der Waals surface area contributed by atoms with Crippen molar-refractivity contribution in [1.82, 2.24) is 14.8 Å². The molecule has 0 amide bonds. The zero-order chi connectivity index (χ0) is 15.5. The van der Waals surface area contributed by atoms with Gasteiger partial charge in [0, 0.05) is 12.1 Å². The van der Waals surface area contributed by atoms with Crippen molar-refractivity contribution >= 4 is 11.6 Å². The van der Waals surface area contributed by atoms with Gasteiger partial charge in [0.25, 0.3) is 0 Å². The number of halogens is 1. The van der Waals surface area contributed by atoms with Crippen LogP contribution in [0, 0.1) is 11.3 Å². The van der Waals surface area contributed by atoms with Gasteiger partial charge in [-0.05, 0) is 29.9 Å². The van der Waals surface area contributed by atoms with Crippen LogP contribution in [-0.4, -0.2) is 14.8 Å². The number of alkyl halides is 1. The van der Waals surface area contributed by atoms with Crippen LogP contribution in [0.25, 0.3) is 5.69 Å². The standard InChI is InChI=1S/C17H24ClN3/c1-13(11-17(2,3)4)10-15-19-20-16(12-18)21(15)14-8-6-5-7-9-14/h5-9,13H,10-12H2,1-4H3. The van der Waals surface area contributed by atoms with Crippen molar-refractivity contribution in [2.75, 3.05) is 0 Å². The molecule has 0 fully saturated rings. The number of aromatic nitrogens is 3. The van der Waals surface area contributed by atoms with Crippen molar-refractivity contribution in [1.29, 1.82) is 0 Å². The van der Waals surface area contributed by atoms with Gasteiger partial charge in [-0.15, -0.1) is 21.8 Å². The van der Waals surface area contributed by atoms with Gasteiger partial charge in [-0.25, -0.2) is 0 Å². The van der Waals surface area contributed by atoms with E-state index >= 15 is 0 Å². The Bertz CT molecular complexity index is 569. The van der Waals surface area contributed by atoms with Crippen molar-refractivity contribution < 1.29 is 0 Å². The molecule has 1 aromatic heterocycles. The van der Waals surface area contributed by atoms with Crippen LogP contribution in [-0.2, 0) is 12.3 Å². The molecule has 0 bridgehead atoms. The number of hydrogen-bond donors (Lipinski definition) is 0. The maximum Gasteiger partial charge on any atom is 0.152 e. The summed E-state index contributed by atoms with van der Waals surface area (Å²) in [7, 11) is 0. The lowest BCUT2D eigenvalue weighted by Gasteiger charge is -2.23. The van der Waals surface area contributed by atoms with E-state index in [1.165, 1.54) is 0 Å². The van der Waals surface area contributed by atoms with Crippen LogP contribution >= 0.6 is 11.6 Å². The Morgan fingerprint density at radius 3 is 2.29 bits per heavy atom. The Morgan fingerprint density at radius 2 is 1.71 bits per heavy atom. The number of nitrogens with zero attached hydrogens (tertiary/aromatic N) is 3. The molecule has 2 rings (SSSR count). The Kier molecular flexibility index (Phi) is 5.04. The number of para-hydroxylation sites is 1. The van der Waals surface area contributed by atoms with Gasteiger partial charge in [-0.2, -0.15) is 0 Å². The first-order chi connectivity index (χ1) is 9.90. The Hall–Kier alpha value is -1.35. The van der Waals surface area contributed by atoms with Crippen molar-refractivity contribution in [2.24, 2.45) is 11.3 Å². The van der Waals surface area contributed by atoms with Gasteiger partial charge in [-0.3, -0.25) is 4.57 Å². The fourth-order valence-corrected chi connectivity index (χ4v) is 3.05. The minimum Gasteiger partial charge on any atom is -0.282 e. The minimum absolute atomic E-state index is 0.326. The maximum absolute atomic E-state index is 6.01. The smallest absolute Gasteiger partial charge is 0.152 e. The summed E-state index contributed by atoms with van der Waals surface area (Å²) < 4.78 is 2.09. The van der Waals surface area contributed by atoms with Gasteiger partial charge in [0.1, 0.15) is 5.82 Å². The third-order valence-corrected chi connectivity index (χ3v) is 3.66. The number of benzene rings is 1. The first-order valence-electron chi connectivity index (χ1n) is 7.45. The normalized spacial score (nSPS) is 13.4. The van der Waals surface area contributed by atoms with E-state index in [0.29, 0.717) is 17.2 Å². The summed E-state index contributed by atoms with van der Waals surface area (Å²) in [6.45, 7) is 9.09. The molecular formula is C17H24ClN3. The van der Waals surface area contributed by atoms with E-state index in [0.717, 1.165) is 30.2 Å². The second kappa shape index (κ2) is 6.61. The number of rotatable bonds is 5. The lowest BCUT2D eigenvalue weighted by Crippen LogP contribution is -2.15. The summed E-state index contributed by atoms with van der Waals surface area (Å²) in [6.07, 6.45) is 2.07. The van der Waals surface area contributed by atoms with Crippen molar-refractivity contribution in [3.63, 3.8) is 0 Å². The lowest BCUT2D eigenvalue weighted by molar-refractivity contribution is 0.303. The summed E-state index contributed by atoms with van der Waals surface area (Å²) >= 11 is 6.01. The maximum atomic E-state index is 6.01. The minimum atomic E-state index is 0.326. The van der Waals surface area contributed by atoms with Crippen LogP contribution in [0.3, 0.4) is 0 Å². The van der Waals surface area contributed by atoms with Crippen LogP contribution in [0.4, 0.5) is 0 Å². The molecule has 0 radical (unpaired) electrons. The lowest BCUT2D eigenvalue weighted by atomic mass is 9.84. The molecule has 3 nitrogen and oxygen atoms in total. The van der Waals surface area contributed by atoms with Gasteiger partial charge in [-0.1, -0.05) is 45.9 Å². The molecular weight excluding hydrogens is 282 g/mol. The molecule has 4 heteroatoms. The van der Waals surface area contributed by atoms with E-state index in [-0.39, 0.29) is 0 Å². The van der Waals surface area contributed by atoms with Gasteiger partial charge in [0.05, 0.1) is 5.88 Å². The highest BCUT2D eigenvalue weighted by Crippen LogP contribution is 2.27. The molecule has 21 heavy (non-hydrogen) atoms. The Labute approximate surface area is 132 Å². The van der Waals surface area contributed by atoms with Crippen LogP contribution in [0.5, 0.6) is 0 Å². The molecule has 1 unspecified atom stereocenters. The molecule has 0 N–H and O–H groups in total. The first kappa shape index (κ1) is 16.0. The SMILES string of the molecule is CC(Cc1nnc(CCl)n1-c1ccccc1)CC(C)(C)C.